The lowest BCUT2D eigenvalue weighted by molar-refractivity contribution is -0.122. The highest BCUT2D eigenvalue weighted by Crippen LogP contribution is 2.19. The first kappa shape index (κ1) is 20.2. The van der Waals surface area contributed by atoms with E-state index in [1.165, 1.54) is 10.5 Å². The number of likely N-dealkylation sites (tertiary alicyclic amines) is 1. The molecule has 0 radical (unpaired) electrons. The molecule has 5 heteroatoms. The van der Waals surface area contributed by atoms with E-state index in [4.69, 9.17) is 11.6 Å². The van der Waals surface area contributed by atoms with Gasteiger partial charge in [-0.05, 0) is 54.8 Å². The molecule has 2 aromatic carbocycles. The Morgan fingerprint density at radius 1 is 1.07 bits per heavy atom. The summed E-state index contributed by atoms with van der Waals surface area (Å²) in [5.74, 6) is 1.18. The largest absolute Gasteiger partial charge is 0.353 e. The molecule has 0 saturated carbocycles. The fourth-order valence-electron chi connectivity index (χ4n) is 3.32. The molecule has 1 aliphatic rings. The number of rotatable bonds is 8. The van der Waals surface area contributed by atoms with Crippen LogP contribution in [0.3, 0.4) is 0 Å². The van der Waals surface area contributed by atoms with Crippen molar-refractivity contribution in [3.05, 3.63) is 65.2 Å². The van der Waals surface area contributed by atoms with E-state index in [9.17, 15) is 4.79 Å². The summed E-state index contributed by atoms with van der Waals surface area (Å²) in [6.07, 6.45) is 3.59. The van der Waals surface area contributed by atoms with E-state index in [0.29, 0.717) is 12.5 Å². The zero-order chi connectivity index (χ0) is 18.9. The van der Waals surface area contributed by atoms with Crippen molar-refractivity contribution in [1.29, 1.82) is 0 Å². The van der Waals surface area contributed by atoms with Gasteiger partial charge in [-0.1, -0.05) is 41.9 Å². The highest BCUT2D eigenvalue weighted by molar-refractivity contribution is 7.99. The number of benzene rings is 2. The van der Waals surface area contributed by atoms with Crippen LogP contribution in [0, 0.1) is 0 Å². The molecule has 144 valence electrons. The Morgan fingerprint density at radius 3 is 2.48 bits per heavy atom. The van der Waals surface area contributed by atoms with Gasteiger partial charge in [0.05, 0.1) is 0 Å². The summed E-state index contributed by atoms with van der Waals surface area (Å²) in [4.78, 5) is 15.9. The van der Waals surface area contributed by atoms with Crippen molar-refractivity contribution in [2.45, 2.75) is 43.2 Å². The first-order valence-corrected chi connectivity index (χ1v) is 11.0. The summed E-state index contributed by atoms with van der Waals surface area (Å²) in [6.45, 7) is 3.00. The molecule has 27 heavy (non-hydrogen) atoms. The molecule has 0 aromatic heterocycles. The molecular weight excluding hydrogens is 376 g/mol. The van der Waals surface area contributed by atoms with Gasteiger partial charge < -0.3 is 5.32 Å². The molecule has 1 N–H and O–H groups in total. The second-order valence-electron chi connectivity index (χ2n) is 7.01. The number of carbonyl (C=O) groups is 1. The zero-order valence-corrected chi connectivity index (χ0v) is 17.1. The maximum atomic E-state index is 12.2. The molecule has 3 nitrogen and oxygen atoms in total. The van der Waals surface area contributed by atoms with E-state index in [1.54, 1.807) is 0 Å². The third kappa shape index (κ3) is 7.21. The number of piperidine rings is 1. The lowest BCUT2D eigenvalue weighted by Crippen LogP contribution is -2.44. The average Bonchev–Trinajstić information content (AvgIpc) is 2.69. The molecule has 1 aliphatic heterocycles. The number of nitrogens with zero attached hydrogens (tertiary/aromatic N) is 1. The van der Waals surface area contributed by atoms with Crippen LogP contribution < -0.4 is 5.32 Å². The van der Waals surface area contributed by atoms with Crippen LogP contribution in [0.1, 0.15) is 31.2 Å². The minimum absolute atomic E-state index is 0.194. The minimum Gasteiger partial charge on any atom is -0.353 e. The molecule has 0 unspecified atom stereocenters. The zero-order valence-electron chi connectivity index (χ0n) is 15.6. The third-order valence-electron chi connectivity index (χ3n) is 4.83. The summed E-state index contributed by atoms with van der Waals surface area (Å²) in [7, 11) is 0. The van der Waals surface area contributed by atoms with Crippen molar-refractivity contribution in [2.24, 2.45) is 0 Å². The van der Waals surface area contributed by atoms with Gasteiger partial charge in [0.15, 0.2) is 0 Å². The number of hydrogen-bond donors (Lipinski definition) is 1. The van der Waals surface area contributed by atoms with Crippen molar-refractivity contribution in [3.8, 4) is 0 Å². The Morgan fingerprint density at radius 2 is 1.78 bits per heavy atom. The first-order chi connectivity index (χ1) is 13.2. The molecule has 1 amide bonds. The Hall–Kier alpha value is -1.49. The van der Waals surface area contributed by atoms with Crippen LogP contribution in [-0.2, 0) is 11.3 Å². The van der Waals surface area contributed by atoms with E-state index in [2.05, 4.69) is 34.5 Å². The van der Waals surface area contributed by atoms with E-state index >= 15 is 0 Å². The number of thioether (sulfide) groups is 1. The van der Waals surface area contributed by atoms with Gasteiger partial charge >= 0.3 is 0 Å². The van der Waals surface area contributed by atoms with Gasteiger partial charge in [0.2, 0.25) is 5.91 Å². The van der Waals surface area contributed by atoms with Gasteiger partial charge in [-0.15, -0.1) is 11.8 Å². The summed E-state index contributed by atoms with van der Waals surface area (Å²) >= 11 is 7.76. The van der Waals surface area contributed by atoms with Crippen molar-refractivity contribution in [1.82, 2.24) is 10.2 Å². The normalized spacial score (nSPS) is 15.6. The van der Waals surface area contributed by atoms with E-state index in [-0.39, 0.29) is 5.91 Å². The fraction of sp³-hybridized carbons (Fsp3) is 0.409. The summed E-state index contributed by atoms with van der Waals surface area (Å²) in [6, 6.07) is 18.7. The van der Waals surface area contributed by atoms with Gasteiger partial charge in [0.25, 0.3) is 0 Å². The molecule has 0 spiro atoms. The number of nitrogens with one attached hydrogen (secondary N) is 1. The van der Waals surface area contributed by atoms with Gasteiger partial charge in [0.1, 0.15) is 0 Å². The van der Waals surface area contributed by atoms with Crippen molar-refractivity contribution < 1.29 is 4.79 Å². The Labute approximate surface area is 171 Å². The van der Waals surface area contributed by atoms with Crippen LogP contribution in [0.4, 0.5) is 0 Å². The van der Waals surface area contributed by atoms with Crippen LogP contribution in [-0.4, -0.2) is 35.7 Å². The first-order valence-electron chi connectivity index (χ1n) is 9.63. The number of halogens is 1. The maximum Gasteiger partial charge on any atom is 0.220 e. The van der Waals surface area contributed by atoms with Crippen LogP contribution in [0.2, 0.25) is 5.02 Å². The summed E-state index contributed by atoms with van der Waals surface area (Å²) < 4.78 is 0. The monoisotopic (exact) mass is 402 g/mol. The van der Waals surface area contributed by atoms with Crippen LogP contribution in [0.5, 0.6) is 0 Å². The topological polar surface area (TPSA) is 32.3 Å². The second kappa shape index (κ2) is 10.7. The molecule has 1 heterocycles. The molecule has 2 aromatic rings. The van der Waals surface area contributed by atoms with Crippen molar-refractivity contribution in [2.75, 3.05) is 18.8 Å². The van der Waals surface area contributed by atoms with Gasteiger partial charge in [-0.3, -0.25) is 9.69 Å². The van der Waals surface area contributed by atoms with Crippen molar-refractivity contribution >= 4 is 29.3 Å². The molecule has 0 bridgehead atoms. The van der Waals surface area contributed by atoms with Crippen LogP contribution in [0.15, 0.2) is 59.5 Å². The highest BCUT2D eigenvalue weighted by Gasteiger charge is 2.20. The highest BCUT2D eigenvalue weighted by atomic mass is 35.5. The second-order valence-corrected chi connectivity index (χ2v) is 8.61. The smallest absolute Gasteiger partial charge is 0.220 e. The lowest BCUT2D eigenvalue weighted by atomic mass is 10.0. The van der Waals surface area contributed by atoms with Gasteiger partial charge in [-0.2, -0.15) is 0 Å². The Bertz CT molecular complexity index is 700. The summed E-state index contributed by atoms with van der Waals surface area (Å²) in [5.41, 5.74) is 1.29. The SMILES string of the molecule is O=C(CCCSc1ccccc1)NC1CCN(Cc2ccc(Cl)cc2)CC1. The van der Waals surface area contributed by atoms with Gasteiger partial charge in [0, 0.05) is 42.0 Å². The Kier molecular flexibility index (Phi) is 8.06. The van der Waals surface area contributed by atoms with E-state index in [0.717, 1.165) is 49.7 Å². The third-order valence-corrected chi connectivity index (χ3v) is 6.18. The molecular formula is C22H27ClN2OS. The molecule has 1 saturated heterocycles. The Balaban J connectivity index is 1.29. The van der Waals surface area contributed by atoms with E-state index < -0.39 is 0 Å². The maximum absolute atomic E-state index is 12.2. The number of carbonyl (C=O) groups excluding carboxylic acids is 1. The number of amides is 1. The van der Waals surface area contributed by atoms with Crippen molar-refractivity contribution in [3.63, 3.8) is 0 Å². The average molecular weight is 403 g/mol. The minimum atomic E-state index is 0.194. The quantitative estimate of drug-likeness (QED) is 0.498. The van der Waals surface area contributed by atoms with E-state index in [1.807, 2.05) is 42.1 Å². The predicted molar refractivity (Wildman–Crippen MR) is 114 cm³/mol. The predicted octanol–water partition coefficient (Wildman–Crippen LogP) is 4.99. The van der Waals surface area contributed by atoms with Crippen LogP contribution >= 0.6 is 23.4 Å². The molecule has 1 fully saturated rings. The molecule has 0 aliphatic carbocycles. The molecule has 3 rings (SSSR count). The lowest BCUT2D eigenvalue weighted by Gasteiger charge is -2.32. The van der Waals surface area contributed by atoms with Crippen LogP contribution in [0.25, 0.3) is 0 Å². The molecule has 0 atom stereocenters. The summed E-state index contributed by atoms with van der Waals surface area (Å²) in [5, 5.41) is 4.00. The number of hydrogen-bond acceptors (Lipinski definition) is 3. The fourth-order valence-corrected chi connectivity index (χ4v) is 4.32. The standard InChI is InChI=1S/C22H27ClN2OS/c23-19-10-8-18(9-11-19)17-25-14-12-20(13-15-25)24-22(26)7-4-16-27-21-5-2-1-3-6-21/h1-3,5-6,8-11,20H,4,7,12-17H2,(H,24,26). The van der Waals surface area contributed by atoms with Gasteiger partial charge in [-0.25, -0.2) is 0 Å².